The average Bonchev–Trinajstić information content (AvgIpc) is 3.16. The van der Waals surface area contributed by atoms with E-state index in [1.807, 2.05) is 72.3 Å². The monoisotopic (exact) mass is 431 g/mol. The van der Waals surface area contributed by atoms with Gasteiger partial charge >= 0.3 is 0 Å². The van der Waals surface area contributed by atoms with Crippen LogP contribution in [0.4, 0.5) is 5.69 Å². The number of imidazole rings is 1. The molecule has 1 unspecified atom stereocenters. The van der Waals surface area contributed by atoms with Crippen LogP contribution in [0.3, 0.4) is 0 Å². The second kappa shape index (κ2) is 7.36. The normalized spacial score (nSPS) is 17.7. The van der Waals surface area contributed by atoms with Crippen molar-refractivity contribution in [1.82, 2.24) is 24.4 Å². The van der Waals surface area contributed by atoms with Crippen molar-refractivity contribution in [2.24, 2.45) is 17.8 Å². The minimum Gasteiger partial charge on any atom is -0.457 e. The zero-order valence-corrected chi connectivity index (χ0v) is 18.2. The Hall–Kier alpha value is -3.43. The van der Waals surface area contributed by atoms with Gasteiger partial charge in [0.05, 0.1) is 29.9 Å². The van der Waals surface area contributed by atoms with Crippen LogP contribution in [0, 0.1) is 0 Å². The van der Waals surface area contributed by atoms with Crippen LogP contribution in [-0.2, 0) is 12.7 Å². The Balaban J connectivity index is 1.62. The maximum atomic E-state index is 7.05. The van der Waals surface area contributed by atoms with Crippen molar-refractivity contribution >= 4 is 34.8 Å². The molecule has 0 fully saturated rings. The van der Waals surface area contributed by atoms with Gasteiger partial charge in [0.15, 0.2) is 10.8 Å². The number of aryl methyl sites for hydroxylation is 1. The SMILES string of the molecule is CSc1ncc2c(n1)C(N)(c1ccccc1Oc1ccc3c(c1)ncn3C)N(C)C=N2. The molecule has 2 aromatic carbocycles. The molecule has 2 aromatic heterocycles. The molecule has 5 rings (SSSR count). The second-order valence-electron chi connectivity index (χ2n) is 7.32. The van der Waals surface area contributed by atoms with E-state index in [0.717, 1.165) is 16.6 Å². The fourth-order valence-electron chi connectivity index (χ4n) is 3.73. The van der Waals surface area contributed by atoms with E-state index < -0.39 is 5.66 Å². The summed E-state index contributed by atoms with van der Waals surface area (Å²) in [6, 6.07) is 13.6. The van der Waals surface area contributed by atoms with E-state index >= 15 is 0 Å². The third-order valence-electron chi connectivity index (χ3n) is 5.44. The van der Waals surface area contributed by atoms with Crippen LogP contribution in [0.25, 0.3) is 11.0 Å². The van der Waals surface area contributed by atoms with Gasteiger partial charge in [-0.05, 0) is 24.5 Å². The summed E-state index contributed by atoms with van der Waals surface area (Å²) >= 11 is 1.46. The number of benzene rings is 2. The zero-order valence-electron chi connectivity index (χ0n) is 17.4. The fourth-order valence-corrected chi connectivity index (χ4v) is 4.07. The number of fused-ring (bicyclic) bond motifs is 2. The molecular weight excluding hydrogens is 410 g/mol. The Bertz CT molecular complexity index is 1320. The Morgan fingerprint density at radius 2 is 1.94 bits per heavy atom. The van der Waals surface area contributed by atoms with E-state index in [1.54, 1.807) is 18.9 Å². The molecular formula is C22H21N7OS. The number of aliphatic imine (C=N–C) groups is 1. The summed E-state index contributed by atoms with van der Waals surface area (Å²) in [6.07, 6.45) is 7.12. The molecule has 0 radical (unpaired) electrons. The molecule has 9 heteroatoms. The number of para-hydroxylation sites is 1. The maximum absolute atomic E-state index is 7.05. The first-order valence-electron chi connectivity index (χ1n) is 9.66. The lowest BCUT2D eigenvalue weighted by Crippen LogP contribution is -2.53. The molecule has 0 spiro atoms. The third kappa shape index (κ3) is 3.13. The van der Waals surface area contributed by atoms with E-state index in [4.69, 9.17) is 15.5 Å². The highest BCUT2D eigenvalue weighted by Gasteiger charge is 2.42. The summed E-state index contributed by atoms with van der Waals surface area (Å²) in [5.74, 6) is 1.32. The predicted octanol–water partition coefficient (Wildman–Crippen LogP) is 3.64. The van der Waals surface area contributed by atoms with Crippen LogP contribution in [0.2, 0.25) is 0 Å². The van der Waals surface area contributed by atoms with Crippen molar-refractivity contribution in [1.29, 1.82) is 0 Å². The van der Waals surface area contributed by atoms with Crippen molar-refractivity contribution in [2.45, 2.75) is 10.8 Å². The molecule has 4 aromatic rings. The van der Waals surface area contributed by atoms with Gasteiger partial charge in [-0.15, -0.1) is 0 Å². The number of aromatic nitrogens is 4. The molecule has 0 aliphatic carbocycles. The summed E-state index contributed by atoms with van der Waals surface area (Å²) in [7, 11) is 3.84. The lowest BCUT2D eigenvalue weighted by molar-refractivity contribution is 0.257. The highest BCUT2D eigenvalue weighted by atomic mass is 32.2. The highest BCUT2D eigenvalue weighted by Crippen LogP contribution is 2.42. The molecule has 0 bridgehead atoms. The van der Waals surface area contributed by atoms with Gasteiger partial charge in [-0.3, -0.25) is 5.73 Å². The van der Waals surface area contributed by atoms with Crippen LogP contribution in [0.1, 0.15) is 11.3 Å². The smallest absolute Gasteiger partial charge is 0.187 e. The predicted molar refractivity (Wildman–Crippen MR) is 122 cm³/mol. The number of ether oxygens (including phenoxy) is 1. The van der Waals surface area contributed by atoms with E-state index in [0.29, 0.717) is 28.0 Å². The van der Waals surface area contributed by atoms with Crippen LogP contribution in [0.15, 0.2) is 65.1 Å². The topological polar surface area (TPSA) is 94.4 Å². The lowest BCUT2D eigenvalue weighted by atomic mass is 9.92. The summed E-state index contributed by atoms with van der Waals surface area (Å²) in [5.41, 5.74) is 9.92. The van der Waals surface area contributed by atoms with Gasteiger partial charge in [0.2, 0.25) is 0 Å². The van der Waals surface area contributed by atoms with Gasteiger partial charge in [0.1, 0.15) is 22.9 Å². The Labute approximate surface area is 183 Å². The summed E-state index contributed by atoms with van der Waals surface area (Å²) in [4.78, 5) is 19.8. The molecule has 0 saturated heterocycles. The molecule has 0 amide bonds. The number of thioether (sulfide) groups is 1. The molecule has 0 saturated carbocycles. The van der Waals surface area contributed by atoms with Gasteiger partial charge in [-0.25, -0.2) is 19.9 Å². The fraction of sp³-hybridized carbons (Fsp3) is 0.182. The number of nitrogens with two attached hydrogens (primary N) is 1. The maximum Gasteiger partial charge on any atom is 0.187 e. The number of nitrogens with zero attached hydrogens (tertiary/aromatic N) is 6. The zero-order chi connectivity index (χ0) is 21.6. The van der Waals surface area contributed by atoms with Gasteiger partial charge in [0, 0.05) is 25.7 Å². The van der Waals surface area contributed by atoms with E-state index in [1.165, 1.54) is 11.8 Å². The third-order valence-corrected chi connectivity index (χ3v) is 6.00. The number of hydrogen-bond acceptors (Lipinski definition) is 8. The molecule has 1 aliphatic heterocycles. The summed E-state index contributed by atoms with van der Waals surface area (Å²) < 4.78 is 8.29. The first-order chi connectivity index (χ1) is 15.0. The average molecular weight is 432 g/mol. The summed E-state index contributed by atoms with van der Waals surface area (Å²) in [6.45, 7) is 0. The van der Waals surface area contributed by atoms with Gasteiger partial charge < -0.3 is 14.2 Å². The van der Waals surface area contributed by atoms with Gasteiger partial charge in [-0.1, -0.05) is 30.0 Å². The molecule has 8 nitrogen and oxygen atoms in total. The quantitative estimate of drug-likeness (QED) is 0.389. The number of rotatable bonds is 4. The van der Waals surface area contributed by atoms with Crippen LogP contribution in [-0.4, -0.2) is 44.1 Å². The highest BCUT2D eigenvalue weighted by molar-refractivity contribution is 7.98. The first kappa shape index (κ1) is 19.5. The Morgan fingerprint density at radius 3 is 2.77 bits per heavy atom. The van der Waals surface area contributed by atoms with Crippen LogP contribution >= 0.6 is 11.8 Å². The van der Waals surface area contributed by atoms with Crippen molar-refractivity contribution in [2.75, 3.05) is 13.3 Å². The van der Waals surface area contributed by atoms with Gasteiger partial charge in [0.25, 0.3) is 0 Å². The lowest BCUT2D eigenvalue weighted by Gasteiger charge is -2.40. The molecule has 1 atom stereocenters. The van der Waals surface area contributed by atoms with Crippen LogP contribution < -0.4 is 10.5 Å². The van der Waals surface area contributed by atoms with Gasteiger partial charge in [-0.2, -0.15) is 0 Å². The number of hydrogen-bond donors (Lipinski definition) is 1. The largest absolute Gasteiger partial charge is 0.457 e. The van der Waals surface area contributed by atoms with Crippen molar-refractivity contribution in [3.63, 3.8) is 0 Å². The van der Waals surface area contributed by atoms with Crippen molar-refractivity contribution in [3.8, 4) is 11.5 Å². The van der Waals surface area contributed by atoms with Crippen LogP contribution in [0.5, 0.6) is 11.5 Å². The minimum absolute atomic E-state index is 0.632. The second-order valence-corrected chi connectivity index (χ2v) is 8.09. The van der Waals surface area contributed by atoms with E-state index in [-0.39, 0.29) is 0 Å². The molecule has 3 heterocycles. The molecule has 31 heavy (non-hydrogen) atoms. The molecule has 156 valence electrons. The van der Waals surface area contributed by atoms with E-state index in [9.17, 15) is 0 Å². The Morgan fingerprint density at radius 1 is 1.10 bits per heavy atom. The Kier molecular flexibility index (Phi) is 4.64. The molecule has 2 N–H and O–H groups in total. The first-order valence-corrected chi connectivity index (χ1v) is 10.9. The standard InChI is InChI=1S/C22H21N7OS/c1-28-12-25-16-10-14(8-9-18(16)28)30-19-7-5-4-6-15(19)22(23)20-17(26-13-29(22)2)11-24-21(27-20)31-3/h4-13H,23H2,1-3H3. The summed E-state index contributed by atoms with van der Waals surface area (Å²) in [5, 5.41) is 0.637. The minimum atomic E-state index is -1.07. The van der Waals surface area contributed by atoms with Crippen molar-refractivity contribution < 1.29 is 4.74 Å². The van der Waals surface area contributed by atoms with Crippen molar-refractivity contribution in [3.05, 3.63) is 66.2 Å². The van der Waals surface area contributed by atoms with E-state index in [2.05, 4.69) is 15.0 Å². The molecule has 1 aliphatic rings.